The maximum atomic E-state index is 6.23. The highest BCUT2D eigenvalue weighted by atomic mass is 16.5. The van der Waals surface area contributed by atoms with Gasteiger partial charge in [-0.1, -0.05) is 153 Å². The first kappa shape index (κ1) is 44.1. The van der Waals surface area contributed by atoms with Gasteiger partial charge >= 0.3 is 0 Å². The Morgan fingerprint density at radius 2 is 0.822 bits per heavy atom. The molecule has 0 aromatic rings. The molecule has 3 heteroatoms. The van der Waals surface area contributed by atoms with E-state index in [1.807, 2.05) is 0 Å². The highest BCUT2D eigenvalue weighted by Crippen LogP contribution is 2.12. The van der Waals surface area contributed by atoms with E-state index >= 15 is 0 Å². The molecule has 0 N–H and O–H groups in total. The van der Waals surface area contributed by atoms with Crippen LogP contribution in [0.3, 0.4) is 0 Å². The Labute approximate surface area is 284 Å². The molecule has 266 valence electrons. The van der Waals surface area contributed by atoms with Crippen molar-refractivity contribution >= 4 is 0 Å². The normalized spacial score (nSPS) is 13.0. The molecule has 0 amide bonds. The van der Waals surface area contributed by atoms with Crippen molar-refractivity contribution in [2.75, 3.05) is 40.5 Å². The monoisotopic (exact) mass is 632 g/mol. The summed E-state index contributed by atoms with van der Waals surface area (Å²) in [6.07, 6.45) is 50.1. The summed E-state index contributed by atoms with van der Waals surface area (Å²) in [5.41, 5.74) is 0. The smallest absolute Gasteiger partial charge is 0.0934 e. The number of nitrogens with zero attached hydrogens (tertiary/aromatic N) is 1. The van der Waals surface area contributed by atoms with Crippen molar-refractivity contribution < 1.29 is 9.47 Å². The number of unbranched alkanes of at least 4 members (excludes halogenated alkanes) is 22. The van der Waals surface area contributed by atoms with Gasteiger partial charge in [-0.3, -0.25) is 0 Å². The van der Waals surface area contributed by atoms with Gasteiger partial charge in [-0.25, -0.2) is 0 Å². The van der Waals surface area contributed by atoms with Crippen molar-refractivity contribution in [3.05, 3.63) is 36.5 Å². The molecule has 1 atom stereocenters. The second-order valence-electron chi connectivity index (χ2n) is 13.7. The standard InChI is InChI=1S/C42H81NO2/c1-5-7-9-11-13-15-17-19-21-23-25-27-29-31-33-35-37-39-45-42(40-43(3)4)41-44-38-36-34-32-30-28-26-24-22-20-18-16-14-12-10-8-6-2/h14,16,20-23,42H,5-13,15,17-19,24-41H2,1-4H3/b16-14-,22-20-,23-21-. The van der Waals surface area contributed by atoms with Crippen LogP contribution < -0.4 is 0 Å². The summed E-state index contributed by atoms with van der Waals surface area (Å²) in [5.74, 6) is 0. The van der Waals surface area contributed by atoms with Gasteiger partial charge in [-0.05, 0) is 84.7 Å². The van der Waals surface area contributed by atoms with Crippen LogP contribution in [0, 0.1) is 0 Å². The van der Waals surface area contributed by atoms with E-state index in [4.69, 9.17) is 9.47 Å². The summed E-state index contributed by atoms with van der Waals surface area (Å²) in [6, 6.07) is 0. The molecular formula is C42H81NO2. The zero-order valence-corrected chi connectivity index (χ0v) is 31.2. The number of hydrogen-bond acceptors (Lipinski definition) is 3. The van der Waals surface area contributed by atoms with Crippen molar-refractivity contribution in [1.29, 1.82) is 0 Å². The molecule has 0 heterocycles. The van der Waals surface area contributed by atoms with Crippen LogP contribution in [0.4, 0.5) is 0 Å². The number of ether oxygens (including phenoxy) is 2. The van der Waals surface area contributed by atoms with Gasteiger partial charge in [0.25, 0.3) is 0 Å². The molecule has 0 fully saturated rings. The van der Waals surface area contributed by atoms with E-state index in [0.29, 0.717) is 0 Å². The maximum absolute atomic E-state index is 6.23. The SMILES string of the molecule is CCCCC/C=C\C/C=C\CCCCCCCCOCC(CN(C)C)OCCCCCCCC/C=C\CCCCCCCCC. The summed E-state index contributed by atoms with van der Waals surface area (Å²) < 4.78 is 12.3. The van der Waals surface area contributed by atoms with Gasteiger partial charge in [-0.15, -0.1) is 0 Å². The van der Waals surface area contributed by atoms with Gasteiger partial charge in [-0.2, -0.15) is 0 Å². The molecule has 0 radical (unpaired) electrons. The molecular weight excluding hydrogens is 550 g/mol. The quantitative estimate of drug-likeness (QED) is 0.0503. The van der Waals surface area contributed by atoms with Crippen molar-refractivity contribution in [3.8, 4) is 0 Å². The van der Waals surface area contributed by atoms with E-state index in [-0.39, 0.29) is 6.10 Å². The number of likely N-dealkylation sites (N-methyl/N-ethyl adjacent to an activating group) is 1. The van der Waals surface area contributed by atoms with Crippen LogP contribution in [0.25, 0.3) is 0 Å². The Kier molecular flexibility index (Phi) is 38.5. The van der Waals surface area contributed by atoms with E-state index in [0.717, 1.165) is 32.8 Å². The average molecular weight is 632 g/mol. The fraction of sp³-hybridized carbons (Fsp3) is 0.857. The van der Waals surface area contributed by atoms with Gasteiger partial charge in [0.2, 0.25) is 0 Å². The Bertz CT molecular complexity index is 626. The third-order valence-corrected chi connectivity index (χ3v) is 8.62. The summed E-state index contributed by atoms with van der Waals surface area (Å²) >= 11 is 0. The lowest BCUT2D eigenvalue weighted by molar-refractivity contribution is -0.0287. The highest BCUT2D eigenvalue weighted by Gasteiger charge is 2.10. The van der Waals surface area contributed by atoms with Crippen LogP contribution in [0.2, 0.25) is 0 Å². The van der Waals surface area contributed by atoms with Crippen molar-refractivity contribution in [1.82, 2.24) is 4.90 Å². The maximum Gasteiger partial charge on any atom is 0.0934 e. The third kappa shape index (κ3) is 39.2. The summed E-state index contributed by atoms with van der Waals surface area (Å²) in [6.45, 7) is 7.97. The summed E-state index contributed by atoms with van der Waals surface area (Å²) in [5, 5.41) is 0. The number of hydrogen-bond donors (Lipinski definition) is 0. The Hall–Kier alpha value is -0.900. The molecule has 45 heavy (non-hydrogen) atoms. The second kappa shape index (κ2) is 39.3. The Balaban J connectivity index is 3.54. The van der Waals surface area contributed by atoms with Crippen LogP contribution in [-0.4, -0.2) is 51.5 Å². The largest absolute Gasteiger partial charge is 0.379 e. The van der Waals surface area contributed by atoms with Crippen LogP contribution in [0.1, 0.15) is 187 Å². The summed E-state index contributed by atoms with van der Waals surface area (Å²) in [7, 11) is 4.26. The number of allylic oxidation sites excluding steroid dienone is 6. The fourth-order valence-corrected chi connectivity index (χ4v) is 5.74. The molecule has 0 saturated carbocycles. The van der Waals surface area contributed by atoms with Gasteiger partial charge < -0.3 is 14.4 Å². The molecule has 0 saturated heterocycles. The van der Waals surface area contributed by atoms with Crippen LogP contribution >= 0.6 is 0 Å². The fourth-order valence-electron chi connectivity index (χ4n) is 5.74. The molecule has 0 aliphatic rings. The molecule has 1 unspecified atom stereocenters. The van der Waals surface area contributed by atoms with Crippen LogP contribution in [0.5, 0.6) is 0 Å². The zero-order valence-electron chi connectivity index (χ0n) is 31.2. The van der Waals surface area contributed by atoms with Crippen LogP contribution in [0.15, 0.2) is 36.5 Å². The lowest BCUT2D eigenvalue weighted by atomic mass is 10.1. The molecule has 0 aliphatic heterocycles. The van der Waals surface area contributed by atoms with Crippen LogP contribution in [-0.2, 0) is 9.47 Å². The van der Waals surface area contributed by atoms with Gasteiger partial charge in [0.15, 0.2) is 0 Å². The van der Waals surface area contributed by atoms with Gasteiger partial charge in [0.1, 0.15) is 0 Å². The third-order valence-electron chi connectivity index (χ3n) is 8.62. The first-order chi connectivity index (χ1) is 22.2. The van der Waals surface area contributed by atoms with Gasteiger partial charge in [0.05, 0.1) is 12.7 Å². The van der Waals surface area contributed by atoms with Crippen molar-refractivity contribution in [2.24, 2.45) is 0 Å². The van der Waals surface area contributed by atoms with Crippen molar-refractivity contribution in [3.63, 3.8) is 0 Å². The molecule has 3 nitrogen and oxygen atoms in total. The van der Waals surface area contributed by atoms with E-state index < -0.39 is 0 Å². The minimum atomic E-state index is 0.192. The van der Waals surface area contributed by atoms with Crippen molar-refractivity contribution in [2.45, 2.75) is 193 Å². The van der Waals surface area contributed by atoms with Gasteiger partial charge in [0, 0.05) is 19.8 Å². The van der Waals surface area contributed by atoms with E-state index in [1.165, 1.54) is 167 Å². The van der Waals surface area contributed by atoms with E-state index in [2.05, 4.69) is 69.3 Å². The first-order valence-corrected chi connectivity index (χ1v) is 20.0. The topological polar surface area (TPSA) is 21.7 Å². The Morgan fingerprint density at radius 1 is 0.444 bits per heavy atom. The minimum absolute atomic E-state index is 0.192. The lowest BCUT2D eigenvalue weighted by Crippen LogP contribution is -2.32. The molecule has 0 aromatic carbocycles. The molecule has 0 spiro atoms. The molecule has 0 aliphatic carbocycles. The molecule has 0 bridgehead atoms. The molecule has 0 rings (SSSR count). The molecule has 0 aromatic heterocycles. The predicted molar refractivity (Wildman–Crippen MR) is 203 cm³/mol. The minimum Gasteiger partial charge on any atom is -0.379 e. The lowest BCUT2D eigenvalue weighted by Gasteiger charge is -2.21. The second-order valence-corrected chi connectivity index (χ2v) is 13.7. The highest BCUT2D eigenvalue weighted by molar-refractivity contribution is 4.92. The first-order valence-electron chi connectivity index (χ1n) is 20.0. The zero-order chi connectivity index (χ0) is 32.7. The summed E-state index contributed by atoms with van der Waals surface area (Å²) in [4.78, 5) is 2.22. The Morgan fingerprint density at radius 3 is 1.31 bits per heavy atom. The predicted octanol–water partition coefficient (Wildman–Crippen LogP) is 13.2. The average Bonchev–Trinajstić information content (AvgIpc) is 3.03. The van der Waals surface area contributed by atoms with E-state index in [9.17, 15) is 0 Å². The van der Waals surface area contributed by atoms with E-state index in [1.54, 1.807) is 0 Å². The number of rotatable bonds is 37.